The molecule has 2 rings (SSSR count). The zero-order valence-corrected chi connectivity index (χ0v) is 11.1. The topological polar surface area (TPSA) is 43.2 Å². The summed E-state index contributed by atoms with van der Waals surface area (Å²) in [5.74, 6) is 0. The summed E-state index contributed by atoms with van der Waals surface area (Å²) < 4.78 is 0. The first-order valence-electron chi connectivity index (χ1n) is 6.32. The summed E-state index contributed by atoms with van der Waals surface area (Å²) in [4.78, 5) is 10.2. The van der Waals surface area contributed by atoms with Crippen LogP contribution in [-0.4, -0.2) is 12.4 Å². The van der Waals surface area contributed by atoms with Crippen molar-refractivity contribution in [2.75, 3.05) is 0 Å². The van der Waals surface area contributed by atoms with Gasteiger partial charge in [0.2, 0.25) is 0 Å². The Morgan fingerprint density at radius 1 is 0.650 bits per heavy atom. The first-order chi connectivity index (χ1) is 9.95. The van der Waals surface area contributed by atoms with Gasteiger partial charge in [0.15, 0.2) is 0 Å². The Morgan fingerprint density at radius 2 is 1.05 bits per heavy atom. The predicted molar refractivity (Wildman–Crippen MR) is 79.4 cm³/mol. The van der Waals surface area contributed by atoms with E-state index in [1.807, 2.05) is 60.7 Å². The maximum atomic E-state index is 5.11. The van der Waals surface area contributed by atoms with Crippen molar-refractivity contribution in [2.45, 2.75) is 13.2 Å². The van der Waals surface area contributed by atoms with E-state index in [0.29, 0.717) is 13.2 Å². The molecule has 0 aliphatic carbocycles. The van der Waals surface area contributed by atoms with Gasteiger partial charge in [0, 0.05) is 0 Å². The van der Waals surface area contributed by atoms with E-state index in [4.69, 9.17) is 9.68 Å². The average molecular weight is 268 g/mol. The molecular weight excluding hydrogens is 252 g/mol. The third kappa shape index (κ3) is 5.35. The molecule has 20 heavy (non-hydrogen) atoms. The van der Waals surface area contributed by atoms with Crippen molar-refractivity contribution in [1.29, 1.82) is 0 Å². The number of rotatable bonds is 7. The number of nitrogens with zero attached hydrogens (tertiary/aromatic N) is 2. The fourth-order valence-corrected chi connectivity index (χ4v) is 1.51. The van der Waals surface area contributed by atoms with Crippen LogP contribution in [0.3, 0.4) is 0 Å². The van der Waals surface area contributed by atoms with Gasteiger partial charge in [-0.3, -0.25) is 0 Å². The van der Waals surface area contributed by atoms with Crippen molar-refractivity contribution in [3.05, 3.63) is 71.8 Å². The van der Waals surface area contributed by atoms with Crippen LogP contribution >= 0.6 is 0 Å². The summed E-state index contributed by atoms with van der Waals surface area (Å²) in [6.07, 6.45) is 2.90. The van der Waals surface area contributed by atoms with Crippen LogP contribution in [0.15, 0.2) is 71.0 Å². The van der Waals surface area contributed by atoms with Crippen LogP contribution in [0.2, 0.25) is 0 Å². The molecule has 0 N–H and O–H groups in total. The highest BCUT2D eigenvalue weighted by molar-refractivity contribution is 6.15. The van der Waals surface area contributed by atoms with Gasteiger partial charge in [-0.1, -0.05) is 71.0 Å². The van der Waals surface area contributed by atoms with E-state index in [2.05, 4.69) is 10.3 Å². The number of oxime groups is 2. The van der Waals surface area contributed by atoms with Crippen LogP contribution < -0.4 is 0 Å². The van der Waals surface area contributed by atoms with Gasteiger partial charge in [0.1, 0.15) is 13.2 Å². The molecule has 0 fully saturated rings. The van der Waals surface area contributed by atoms with E-state index >= 15 is 0 Å². The predicted octanol–water partition coefficient (Wildman–Crippen LogP) is 3.39. The molecule has 0 aromatic heterocycles. The van der Waals surface area contributed by atoms with E-state index in [9.17, 15) is 0 Å². The molecule has 0 aliphatic heterocycles. The minimum Gasteiger partial charge on any atom is -0.391 e. The monoisotopic (exact) mass is 268 g/mol. The lowest BCUT2D eigenvalue weighted by atomic mass is 10.2. The van der Waals surface area contributed by atoms with E-state index < -0.39 is 0 Å². The van der Waals surface area contributed by atoms with Crippen molar-refractivity contribution in [3.8, 4) is 0 Å². The van der Waals surface area contributed by atoms with E-state index in [0.717, 1.165) is 11.1 Å². The minimum atomic E-state index is 0.441. The van der Waals surface area contributed by atoms with Gasteiger partial charge in [0.25, 0.3) is 0 Å². The van der Waals surface area contributed by atoms with Gasteiger partial charge in [-0.05, 0) is 11.1 Å². The molecule has 102 valence electrons. The molecule has 0 heterocycles. The van der Waals surface area contributed by atoms with Crippen LogP contribution in [-0.2, 0) is 22.9 Å². The molecule has 2 aromatic rings. The van der Waals surface area contributed by atoms with Crippen molar-refractivity contribution < 1.29 is 9.68 Å². The summed E-state index contributed by atoms with van der Waals surface area (Å²) in [7, 11) is 0. The third-order valence-electron chi connectivity index (χ3n) is 2.49. The summed E-state index contributed by atoms with van der Waals surface area (Å²) in [6, 6.07) is 19.7. The van der Waals surface area contributed by atoms with Gasteiger partial charge in [-0.15, -0.1) is 0 Å². The fraction of sp³-hybridized carbons (Fsp3) is 0.125. The van der Waals surface area contributed by atoms with Gasteiger partial charge in [-0.2, -0.15) is 0 Å². The molecule has 0 atom stereocenters. The molecule has 0 saturated carbocycles. The number of hydrogen-bond donors (Lipinski definition) is 0. The highest BCUT2D eigenvalue weighted by atomic mass is 16.6. The van der Waals surface area contributed by atoms with Crippen molar-refractivity contribution in [1.82, 2.24) is 0 Å². The SMILES string of the molecule is C(/C=N/OCc1ccccc1)=N\OCc1ccccc1. The Labute approximate surface area is 118 Å². The van der Waals surface area contributed by atoms with E-state index in [1.165, 1.54) is 12.4 Å². The molecule has 2 aromatic carbocycles. The lowest BCUT2D eigenvalue weighted by Gasteiger charge is -1.98. The average Bonchev–Trinajstić information content (AvgIpc) is 2.52. The van der Waals surface area contributed by atoms with Gasteiger partial charge in [-0.25, -0.2) is 0 Å². The Balaban J connectivity index is 1.60. The first kappa shape index (κ1) is 13.8. The molecule has 0 spiro atoms. The quantitative estimate of drug-likeness (QED) is 0.570. The molecule has 0 radical (unpaired) electrons. The second-order valence-electron chi connectivity index (χ2n) is 4.03. The molecule has 0 amide bonds. The van der Waals surface area contributed by atoms with Crippen molar-refractivity contribution >= 4 is 12.4 Å². The second-order valence-corrected chi connectivity index (χ2v) is 4.03. The summed E-state index contributed by atoms with van der Waals surface area (Å²) in [5, 5.41) is 7.51. The Hall–Kier alpha value is -2.62. The lowest BCUT2D eigenvalue weighted by Crippen LogP contribution is -1.89. The molecular formula is C16H16N2O2. The summed E-state index contributed by atoms with van der Waals surface area (Å²) in [6.45, 7) is 0.881. The van der Waals surface area contributed by atoms with Gasteiger partial charge >= 0.3 is 0 Å². The van der Waals surface area contributed by atoms with Crippen LogP contribution in [0.25, 0.3) is 0 Å². The van der Waals surface area contributed by atoms with Gasteiger partial charge in [0.05, 0.1) is 12.4 Å². The van der Waals surface area contributed by atoms with E-state index in [-0.39, 0.29) is 0 Å². The van der Waals surface area contributed by atoms with Crippen molar-refractivity contribution in [2.24, 2.45) is 10.3 Å². The molecule has 0 bridgehead atoms. The largest absolute Gasteiger partial charge is 0.391 e. The maximum absolute atomic E-state index is 5.11. The zero-order chi connectivity index (χ0) is 13.9. The molecule has 0 unspecified atom stereocenters. The summed E-state index contributed by atoms with van der Waals surface area (Å²) >= 11 is 0. The van der Waals surface area contributed by atoms with Crippen LogP contribution in [0.1, 0.15) is 11.1 Å². The minimum absolute atomic E-state index is 0.441. The Kier molecular flexibility index (Phi) is 5.85. The normalized spacial score (nSPS) is 11.0. The lowest BCUT2D eigenvalue weighted by molar-refractivity contribution is 0.129. The second kappa shape index (κ2) is 8.48. The zero-order valence-electron chi connectivity index (χ0n) is 11.1. The molecule has 4 nitrogen and oxygen atoms in total. The first-order valence-corrected chi connectivity index (χ1v) is 6.32. The third-order valence-corrected chi connectivity index (χ3v) is 2.49. The van der Waals surface area contributed by atoms with Gasteiger partial charge < -0.3 is 9.68 Å². The Morgan fingerprint density at radius 3 is 1.45 bits per heavy atom. The number of hydrogen-bond acceptors (Lipinski definition) is 4. The Bertz CT molecular complexity index is 487. The van der Waals surface area contributed by atoms with Crippen LogP contribution in [0, 0.1) is 0 Å². The molecule has 0 saturated heterocycles. The van der Waals surface area contributed by atoms with Crippen LogP contribution in [0.5, 0.6) is 0 Å². The highest BCUT2D eigenvalue weighted by Gasteiger charge is 1.89. The fourth-order valence-electron chi connectivity index (χ4n) is 1.51. The number of benzene rings is 2. The molecule has 4 heteroatoms. The highest BCUT2D eigenvalue weighted by Crippen LogP contribution is 2.00. The standard InChI is InChI=1S/C16H16N2O2/c1-3-7-15(8-4-1)13-19-17-11-12-18-20-14-16-9-5-2-6-10-16/h1-12H,13-14H2/b17-11+,18-12+. The molecule has 0 aliphatic rings. The van der Waals surface area contributed by atoms with E-state index in [1.54, 1.807) is 0 Å². The smallest absolute Gasteiger partial charge is 0.142 e. The van der Waals surface area contributed by atoms with Crippen LogP contribution in [0.4, 0.5) is 0 Å². The van der Waals surface area contributed by atoms with Crippen molar-refractivity contribution in [3.63, 3.8) is 0 Å². The summed E-state index contributed by atoms with van der Waals surface area (Å²) in [5.41, 5.74) is 2.14. The maximum Gasteiger partial charge on any atom is 0.142 e.